The molecule has 8 heteroatoms. The number of hydrazine groups is 1. The summed E-state index contributed by atoms with van der Waals surface area (Å²) in [7, 11) is 1.88. The largest absolute Gasteiger partial charge is 0.363 e. The number of nitrogens with zero attached hydrogens (tertiary/aromatic N) is 5. The lowest BCUT2D eigenvalue weighted by Gasteiger charge is -2.05. The summed E-state index contributed by atoms with van der Waals surface area (Å²) < 4.78 is 1.83. The summed E-state index contributed by atoms with van der Waals surface area (Å²) in [5, 5.41) is 10.8. The molecule has 16 heavy (non-hydrogen) atoms. The first-order valence-corrected chi connectivity index (χ1v) is 4.66. The molecule has 0 aromatic carbocycles. The van der Waals surface area contributed by atoms with Crippen LogP contribution in [0.3, 0.4) is 0 Å². The number of anilines is 2. The number of aryl methyl sites for hydroxylation is 1. The summed E-state index contributed by atoms with van der Waals surface area (Å²) in [5.41, 5.74) is 2.38. The molecule has 0 aliphatic carbocycles. The van der Waals surface area contributed by atoms with Gasteiger partial charge in [0.1, 0.15) is 12.1 Å². The van der Waals surface area contributed by atoms with E-state index in [2.05, 4.69) is 30.9 Å². The Morgan fingerprint density at radius 2 is 2.38 bits per heavy atom. The maximum Gasteiger partial charge on any atom is 0.239 e. The number of hydrogen-bond acceptors (Lipinski definition) is 7. The van der Waals surface area contributed by atoms with Crippen LogP contribution in [-0.2, 0) is 13.6 Å². The van der Waals surface area contributed by atoms with E-state index in [1.807, 2.05) is 11.6 Å². The molecule has 2 aromatic heterocycles. The van der Waals surface area contributed by atoms with E-state index in [-0.39, 0.29) is 0 Å². The van der Waals surface area contributed by atoms with Gasteiger partial charge in [-0.25, -0.2) is 10.8 Å². The number of rotatable bonds is 4. The van der Waals surface area contributed by atoms with Crippen molar-refractivity contribution in [2.75, 3.05) is 10.7 Å². The second-order valence-corrected chi connectivity index (χ2v) is 3.12. The predicted octanol–water partition coefficient (Wildman–Crippen LogP) is -0.497. The van der Waals surface area contributed by atoms with Crippen molar-refractivity contribution in [1.29, 1.82) is 0 Å². The minimum Gasteiger partial charge on any atom is -0.363 e. The van der Waals surface area contributed by atoms with E-state index >= 15 is 0 Å². The Morgan fingerprint density at radius 3 is 3.06 bits per heavy atom. The van der Waals surface area contributed by atoms with Crippen LogP contribution < -0.4 is 16.6 Å². The van der Waals surface area contributed by atoms with Crippen LogP contribution in [0.25, 0.3) is 0 Å². The first kappa shape index (κ1) is 10.3. The Hall–Kier alpha value is -2.22. The summed E-state index contributed by atoms with van der Waals surface area (Å²) >= 11 is 0. The fraction of sp³-hybridized carbons (Fsp3) is 0.250. The van der Waals surface area contributed by atoms with Crippen LogP contribution in [0.4, 0.5) is 11.8 Å². The van der Waals surface area contributed by atoms with E-state index in [9.17, 15) is 0 Å². The topological polar surface area (TPSA) is 107 Å². The first-order chi connectivity index (χ1) is 7.79. The van der Waals surface area contributed by atoms with Crippen molar-refractivity contribution in [2.45, 2.75) is 6.54 Å². The Bertz CT molecular complexity index is 465. The van der Waals surface area contributed by atoms with Crippen molar-refractivity contribution in [3.8, 4) is 0 Å². The van der Waals surface area contributed by atoms with Crippen LogP contribution in [0, 0.1) is 0 Å². The fourth-order valence-corrected chi connectivity index (χ4v) is 1.16. The van der Waals surface area contributed by atoms with Gasteiger partial charge in [-0.2, -0.15) is 4.98 Å². The van der Waals surface area contributed by atoms with Crippen LogP contribution in [0.1, 0.15) is 5.82 Å². The zero-order valence-corrected chi connectivity index (χ0v) is 8.75. The lowest BCUT2D eigenvalue weighted by atomic mass is 10.5. The monoisotopic (exact) mass is 220 g/mol. The van der Waals surface area contributed by atoms with Crippen LogP contribution in [0.2, 0.25) is 0 Å². The zero-order chi connectivity index (χ0) is 11.4. The smallest absolute Gasteiger partial charge is 0.239 e. The third-order valence-corrected chi connectivity index (χ3v) is 2.02. The average molecular weight is 220 g/mol. The maximum atomic E-state index is 5.20. The highest BCUT2D eigenvalue weighted by molar-refractivity contribution is 5.38. The standard InChI is InChI=1S/C8H12N8/c1-16-5-12-15-7(16)4-11-6-2-3-10-8(13-6)14-9/h2-3,5H,4,9H2,1H3,(H2,10,11,13,14). The van der Waals surface area contributed by atoms with Gasteiger partial charge in [0, 0.05) is 13.2 Å². The summed E-state index contributed by atoms with van der Waals surface area (Å²) in [6.07, 6.45) is 3.26. The van der Waals surface area contributed by atoms with Gasteiger partial charge in [0.05, 0.1) is 6.54 Å². The quantitative estimate of drug-likeness (QED) is 0.471. The SMILES string of the molecule is Cn1cnnc1CNc1ccnc(NN)n1. The van der Waals surface area contributed by atoms with Crippen molar-refractivity contribution in [3.05, 3.63) is 24.4 Å². The molecule has 0 atom stereocenters. The molecule has 8 nitrogen and oxygen atoms in total. The summed E-state index contributed by atoms with van der Waals surface area (Å²) in [6.45, 7) is 0.539. The van der Waals surface area contributed by atoms with Crippen molar-refractivity contribution in [3.63, 3.8) is 0 Å². The van der Waals surface area contributed by atoms with Gasteiger partial charge in [-0.3, -0.25) is 5.43 Å². The first-order valence-electron chi connectivity index (χ1n) is 4.66. The second kappa shape index (κ2) is 4.53. The number of nitrogen functional groups attached to an aromatic ring is 1. The number of hydrogen-bond donors (Lipinski definition) is 3. The van der Waals surface area contributed by atoms with E-state index in [4.69, 9.17) is 5.84 Å². The third kappa shape index (κ3) is 2.23. The van der Waals surface area contributed by atoms with Crippen molar-refractivity contribution >= 4 is 11.8 Å². The molecular formula is C8H12N8. The molecule has 0 spiro atoms. The van der Waals surface area contributed by atoms with Gasteiger partial charge < -0.3 is 9.88 Å². The maximum absolute atomic E-state index is 5.20. The van der Waals surface area contributed by atoms with Crippen molar-refractivity contribution < 1.29 is 0 Å². The summed E-state index contributed by atoms with van der Waals surface area (Å²) in [4.78, 5) is 8.00. The van der Waals surface area contributed by atoms with Gasteiger partial charge in [0.25, 0.3) is 0 Å². The molecule has 0 amide bonds. The van der Waals surface area contributed by atoms with Gasteiger partial charge in [-0.15, -0.1) is 10.2 Å². The number of nitrogens with two attached hydrogens (primary N) is 1. The van der Waals surface area contributed by atoms with Crippen LogP contribution in [0.5, 0.6) is 0 Å². The molecule has 2 heterocycles. The van der Waals surface area contributed by atoms with Crippen LogP contribution in [-0.4, -0.2) is 24.7 Å². The molecule has 84 valence electrons. The minimum atomic E-state index is 0.364. The molecule has 0 aliphatic rings. The van der Waals surface area contributed by atoms with Crippen LogP contribution in [0.15, 0.2) is 18.6 Å². The van der Waals surface area contributed by atoms with E-state index in [0.717, 1.165) is 5.82 Å². The highest BCUT2D eigenvalue weighted by Gasteiger charge is 2.01. The molecule has 2 aromatic rings. The highest BCUT2D eigenvalue weighted by atomic mass is 15.3. The Balaban J connectivity index is 2.02. The van der Waals surface area contributed by atoms with Crippen molar-refractivity contribution in [1.82, 2.24) is 24.7 Å². The van der Waals surface area contributed by atoms with Crippen molar-refractivity contribution in [2.24, 2.45) is 12.9 Å². The van der Waals surface area contributed by atoms with E-state index < -0.39 is 0 Å². The summed E-state index contributed by atoms with van der Waals surface area (Å²) in [6, 6.07) is 1.75. The van der Waals surface area contributed by atoms with Gasteiger partial charge in [0.15, 0.2) is 5.82 Å². The van der Waals surface area contributed by atoms with Gasteiger partial charge in [-0.05, 0) is 6.07 Å². The molecule has 0 saturated carbocycles. The molecule has 0 radical (unpaired) electrons. The Kier molecular flexibility index (Phi) is 2.92. The van der Waals surface area contributed by atoms with E-state index in [1.165, 1.54) is 0 Å². The molecule has 0 unspecified atom stereocenters. The van der Waals surface area contributed by atoms with E-state index in [1.54, 1.807) is 18.6 Å². The Labute approximate surface area is 91.9 Å². The normalized spacial score (nSPS) is 10.1. The molecule has 0 saturated heterocycles. The molecular weight excluding hydrogens is 208 g/mol. The number of nitrogens with one attached hydrogen (secondary N) is 2. The fourth-order valence-electron chi connectivity index (χ4n) is 1.16. The third-order valence-electron chi connectivity index (χ3n) is 2.02. The van der Waals surface area contributed by atoms with Gasteiger partial charge >= 0.3 is 0 Å². The van der Waals surface area contributed by atoms with Gasteiger partial charge in [-0.1, -0.05) is 0 Å². The molecule has 0 bridgehead atoms. The zero-order valence-electron chi connectivity index (χ0n) is 8.75. The van der Waals surface area contributed by atoms with E-state index in [0.29, 0.717) is 18.3 Å². The second-order valence-electron chi connectivity index (χ2n) is 3.12. The van der Waals surface area contributed by atoms with Crippen LogP contribution >= 0.6 is 0 Å². The lowest BCUT2D eigenvalue weighted by Crippen LogP contribution is -2.12. The molecule has 4 N–H and O–H groups in total. The summed E-state index contributed by atoms with van der Waals surface area (Å²) in [5.74, 6) is 7.06. The molecule has 0 fully saturated rings. The Morgan fingerprint density at radius 1 is 1.50 bits per heavy atom. The van der Waals surface area contributed by atoms with Gasteiger partial charge in [0.2, 0.25) is 5.95 Å². The molecule has 2 rings (SSSR count). The minimum absolute atomic E-state index is 0.364. The lowest BCUT2D eigenvalue weighted by molar-refractivity contribution is 0.810. The molecule has 0 aliphatic heterocycles. The highest BCUT2D eigenvalue weighted by Crippen LogP contribution is 2.05. The number of aromatic nitrogens is 5. The predicted molar refractivity (Wildman–Crippen MR) is 58.2 cm³/mol. The average Bonchev–Trinajstić information content (AvgIpc) is 2.72.